The average Bonchev–Trinajstić information content (AvgIpc) is 3.12. The van der Waals surface area contributed by atoms with E-state index in [2.05, 4.69) is 22.5 Å². The van der Waals surface area contributed by atoms with Gasteiger partial charge in [0.1, 0.15) is 23.3 Å². The van der Waals surface area contributed by atoms with E-state index in [1.807, 2.05) is 6.07 Å². The standard InChI is InChI=1S/C24H23FN4O2/c1-2-3-4-9-14-27-23(30)19(15-26)21-16-10-5-6-11-17(16)22(28-21)29-24(31)18-12-7-8-13-20(18)25/h5-8,10-13H,2-4,9,14H2,1H3,(H,27,30)(H,28,29,31)/b21-19-. The van der Waals surface area contributed by atoms with Crippen LogP contribution in [0.25, 0.3) is 5.70 Å². The number of benzene rings is 2. The Morgan fingerprint density at radius 3 is 2.45 bits per heavy atom. The molecular formula is C24H23FN4O2. The molecule has 0 unspecified atom stereocenters. The van der Waals surface area contributed by atoms with Crippen molar-refractivity contribution in [2.75, 3.05) is 6.54 Å². The number of carbonyl (C=O) groups is 2. The zero-order chi connectivity index (χ0) is 22.2. The lowest BCUT2D eigenvalue weighted by atomic mass is 10.0. The number of rotatable bonds is 7. The summed E-state index contributed by atoms with van der Waals surface area (Å²) in [5.41, 5.74) is 1.06. The van der Waals surface area contributed by atoms with E-state index in [1.54, 1.807) is 30.3 Å². The van der Waals surface area contributed by atoms with Crippen LogP contribution in [-0.4, -0.2) is 24.2 Å². The first-order chi connectivity index (χ1) is 15.1. The number of unbranched alkanes of at least 4 members (excludes halogenated alkanes) is 3. The topological polar surface area (TPSA) is 94.3 Å². The van der Waals surface area contributed by atoms with Crippen LogP contribution in [0.4, 0.5) is 4.39 Å². The van der Waals surface area contributed by atoms with Crippen LogP contribution in [0.3, 0.4) is 0 Å². The molecule has 3 rings (SSSR count). The maximum absolute atomic E-state index is 14.0. The van der Waals surface area contributed by atoms with E-state index < -0.39 is 17.6 Å². The van der Waals surface area contributed by atoms with Gasteiger partial charge in [-0.3, -0.25) is 9.59 Å². The summed E-state index contributed by atoms with van der Waals surface area (Å²) in [5.74, 6) is -1.65. The molecule has 0 spiro atoms. The minimum atomic E-state index is -0.660. The van der Waals surface area contributed by atoms with Gasteiger partial charge in [-0.15, -0.1) is 0 Å². The zero-order valence-corrected chi connectivity index (χ0v) is 17.2. The Morgan fingerprint density at radius 2 is 1.74 bits per heavy atom. The highest BCUT2D eigenvalue weighted by atomic mass is 19.1. The van der Waals surface area contributed by atoms with Gasteiger partial charge < -0.3 is 10.6 Å². The Kier molecular flexibility index (Phi) is 7.28. The number of carbonyl (C=O) groups excluding carboxylic acids is 2. The van der Waals surface area contributed by atoms with Gasteiger partial charge >= 0.3 is 0 Å². The third-order valence-corrected chi connectivity index (χ3v) is 4.90. The molecule has 158 valence electrons. The fourth-order valence-electron chi connectivity index (χ4n) is 3.29. The van der Waals surface area contributed by atoms with Crippen molar-refractivity contribution in [3.8, 4) is 6.07 Å². The van der Waals surface area contributed by atoms with Crippen molar-refractivity contribution in [2.24, 2.45) is 4.99 Å². The molecule has 0 fully saturated rings. The number of amides is 2. The normalized spacial score (nSPS) is 13.6. The van der Waals surface area contributed by atoms with Gasteiger partial charge in [0.15, 0.2) is 0 Å². The van der Waals surface area contributed by atoms with Crippen molar-refractivity contribution in [1.29, 1.82) is 5.26 Å². The Hall–Kier alpha value is -3.79. The van der Waals surface area contributed by atoms with Crippen LogP contribution in [0.15, 0.2) is 59.1 Å². The number of fused-ring (bicyclic) bond motifs is 1. The number of hydrogen-bond acceptors (Lipinski definition) is 4. The molecule has 0 bridgehead atoms. The number of aliphatic imine (C=N–C) groups is 1. The molecular weight excluding hydrogens is 395 g/mol. The Bertz CT molecular complexity index is 1100. The molecule has 0 radical (unpaired) electrons. The minimum absolute atomic E-state index is 0.120. The van der Waals surface area contributed by atoms with Crippen LogP contribution in [0.1, 0.15) is 54.1 Å². The molecule has 2 aromatic rings. The highest BCUT2D eigenvalue weighted by Crippen LogP contribution is 2.30. The van der Waals surface area contributed by atoms with Crippen LogP contribution in [0.2, 0.25) is 0 Å². The third-order valence-electron chi connectivity index (χ3n) is 4.90. The van der Waals surface area contributed by atoms with Gasteiger partial charge in [0.25, 0.3) is 11.8 Å². The van der Waals surface area contributed by atoms with E-state index in [0.29, 0.717) is 17.7 Å². The maximum atomic E-state index is 14.0. The highest BCUT2D eigenvalue weighted by Gasteiger charge is 2.27. The van der Waals surface area contributed by atoms with Crippen LogP contribution < -0.4 is 10.6 Å². The van der Waals surface area contributed by atoms with Gasteiger partial charge in [-0.2, -0.15) is 5.26 Å². The molecule has 2 aromatic carbocycles. The fraction of sp³-hybridized carbons (Fsp3) is 0.250. The van der Waals surface area contributed by atoms with Crippen molar-refractivity contribution in [3.63, 3.8) is 0 Å². The van der Waals surface area contributed by atoms with Gasteiger partial charge in [-0.1, -0.05) is 62.6 Å². The maximum Gasteiger partial charge on any atom is 0.264 e. The predicted molar refractivity (Wildman–Crippen MR) is 117 cm³/mol. The lowest BCUT2D eigenvalue weighted by Gasteiger charge is -2.06. The lowest BCUT2D eigenvalue weighted by Crippen LogP contribution is -2.31. The molecule has 2 amide bonds. The number of nitriles is 1. The summed E-state index contributed by atoms with van der Waals surface area (Å²) in [6.07, 6.45) is 4.01. The molecule has 0 saturated carbocycles. The van der Waals surface area contributed by atoms with Crippen LogP contribution >= 0.6 is 0 Å². The second-order valence-electron chi connectivity index (χ2n) is 7.09. The van der Waals surface area contributed by atoms with Gasteiger partial charge in [0.2, 0.25) is 0 Å². The average molecular weight is 418 g/mol. The van der Waals surface area contributed by atoms with E-state index in [1.165, 1.54) is 18.2 Å². The van der Waals surface area contributed by atoms with Gasteiger partial charge in [0, 0.05) is 17.7 Å². The van der Waals surface area contributed by atoms with Gasteiger partial charge in [0.05, 0.1) is 11.3 Å². The fourth-order valence-corrected chi connectivity index (χ4v) is 3.29. The first-order valence-corrected chi connectivity index (χ1v) is 10.2. The second kappa shape index (κ2) is 10.3. The third kappa shape index (κ3) is 5.04. The molecule has 0 saturated heterocycles. The molecule has 0 aliphatic carbocycles. The van der Waals surface area contributed by atoms with Crippen molar-refractivity contribution < 1.29 is 14.0 Å². The smallest absolute Gasteiger partial charge is 0.264 e. The Morgan fingerprint density at radius 1 is 1.03 bits per heavy atom. The number of nitrogens with zero attached hydrogens (tertiary/aromatic N) is 2. The first-order valence-electron chi connectivity index (χ1n) is 10.2. The summed E-state index contributed by atoms with van der Waals surface area (Å²) < 4.78 is 14.0. The number of amidine groups is 1. The summed E-state index contributed by atoms with van der Waals surface area (Å²) in [5, 5.41) is 15.0. The predicted octanol–water partition coefficient (Wildman–Crippen LogP) is 3.95. The van der Waals surface area contributed by atoms with E-state index in [4.69, 9.17) is 0 Å². The van der Waals surface area contributed by atoms with E-state index in [-0.39, 0.29) is 22.7 Å². The highest BCUT2D eigenvalue weighted by molar-refractivity contribution is 6.20. The number of nitrogens with one attached hydrogen (secondary N) is 2. The van der Waals surface area contributed by atoms with E-state index in [0.717, 1.165) is 25.7 Å². The van der Waals surface area contributed by atoms with Crippen molar-refractivity contribution in [3.05, 3.63) is 76.6 Å². The van der Waals surface area contributed by atoms with E-state index >= 15 is 0 Å². The van der Waals surface area contributed by atoms with Gasteiger partial charge in [-0.25, -0.2) is 9.38 Å². The van der Waals surface area contributed by atoms with Crippen LogP contribution in [0.5, 0.6) is 0 Å². The summed E-state index contributed by atoms with van der Waals surface area (Å²) in [4.78, 5) is 29.5. The number of halogens is 1. The summed E-state index contributed by atoms with van der Waals surface area (Å²) in [7, 11) is 0. The molecule has 1 aliphatic rings. The summed E-state index contributed by atoms with van der Waals surface area (Å²) in [6.45, 7) is 2.58. The Labute approximate surface area is 180 Å². The van der Waals surface area contributed by atoms with Crippen molar-refractivity contribution in [1.82, 2.24) is 10.6 Å². The molecule has 31 heavy (non-hydrogen) atoms. The van der Waals surface area contributed by atoms with Crippen molar-refractivity contribution >= 4 is 23.3 Å². The first kappa shape index (κ1) is 21.9. The largest absolute Gasteiger partial charge is 0.351 e. The second-order valence-corrected chi connectivity index (χ2v) is 7.09. The summed E-state index contributed by atoms with van der Waals surface area (Å²) in [6, 6.07) is 14.5. The molecule has 1 heterocycles. The van der Waals surface area contributed by atoms with Gasteiger partial charge in [-0.05, 0) is 18.6 Å². The molecule has 6 nitrogen and oxygen atoms in total. The summed E-state index contributed by atoms with van der Waals surface area (Å²) >= 11 is 0. The SMILES string of the molecule is CCCCCCNC(=O)/C(C#N)=C1\N=C(NC(=O)c2ccccc2F)c2ccccc21. The Balaban J connectivity index is 1.87. The van der Waals surface area contributed by atoms with Crippen LogP contribution in [-0.2, 0) is 4.79 Å². The lowest BCUT2D eigenvalue weighted by molar-refractivity contribution is -0.117. The zero-order valence-electron chi connectivity index (χ0n) is 17.2. The molecule has 1 aliphatic heterocycles. The molecule has 7 heteroatoms. The van der Waals surface area contributed by atoms with E-state index in [9.17, 15) is 19.2 Å². The minimum Gasteiger partial charge on any atom is -0.351 e. The number of hydrogen-bond donors (Lipinski definition) is 2. The quantitative estimate of drug-likeness (QED) is 0.405. The monoisotopic (exact) mass is 418 g/mol. The molecule has 2 N–H and O–H groups in total. The molecule has 0 atom stereocenters. The molecule has 0 aromatic heterocycles. The van der Waals surface area contributed by atoms with Crippen LogP contribution in [0, 0.1) is 17.1 Å². The van der Waals surface area contributed by atoms with Crippen molar-refractivity contribution in [2.45, 2.75) is 32.6 Å².